The van der Waals surface area contributed by atoms with Gasteiger partial charge in [-0.3, -0.25) is 14.4 Å². The lowest BCUT2D eigenvalue weighted by molar-refractivity contribution is -0.152. The van der Waals surface area contributed by atoms with Crippen LogP contribution in [-0.4, -0.2) is 78.1 Å². The highest BCUT2D eigenvalue weighted by atomic mass is 32.1. The summed E-state index contributed by atoms with van der Waals surface area (Å²) in [6, 6.07) is 8.06. The Morgan fingerprint density at radius 2 is 2.03 bits per heavy atom. The van der Waals surface area contributed by atoms with Crippen LogP contribution in [0.4, 0.5) is 0 Å². The number of hydrogen-bond acceptors (Lipinski definition) is 7. The van der Waals surface area contributed by atoms with Crippen LogP contribution in [0.15, 0.2) is 24.3 Å². The fraction of sp³-hybridized carbons (Fsp3) is 0.545. The Kier molecular flexibility index (Phi) is 7.61. The van der Waals surface area contributed by atoms with Gasteiger partial charge in [0, 0.05) is 38.9 Å². The lowest BCUT2D eigenvalue weighted by Gasteiger charge is -2.36. The second kappa shape index (κ2) is 10.2. The van der Waals surface area contributed by atoms with E-state index in [1.54, 1.807) is 11.3 Å². The quantitative estimate of drug-likeness (QED) is 0.555. The first-order chi connectivity index (χ1) is 14.9. The summed E-state index contributed by atoms with van der Waals surface area (Å²) in [5, 5.41) is 7.90. The molecule has 3 heterocycles. The third-order valence-electron chi connectivity index (χ3n) is 5.86. The van der Waals surface area contributed by atoms with Gasteiger partial charge in [-0.1, -0.05) is 12.1 Å². The summed E-state index contributed by atoms with van der Waals surface area (Å²) in [6.07, 6.45) is 3.32. The molecular formula is C22H29N3O5S. The zero-order valence-electron chi connectivity index (χ0n) is 18.0. The number of fused-ring (bicyclic) bond motifs is 1. The minimum absolute atomic E-state index is 0.0243. The molecule has 1 N–H and O–H groups in total. The highest BCUT2D eigenvalue weighted by Gasteiger charge is 2.50. The number of hydrogen-bond donors (Lipinski definition) is 1. The molecule has 0 radical (unpaired) electrons. The molecule has 2 aliphatic rings. The van der Waals surface area contributed by atoms with Gasteiger partial charge in [-0.05, 0) is 39.1 Å². The first-order valence-corrected chi connectivity index (χ1v) is 11.2. The molecule has 2 saturated heterocycles. The van der Waals surface area contributed by atoms with Crippen molar-refractivity contribution >= 4 is 39.9 Å². The molecule has 9 heteroatoms. The van der Waals surface area contributed by atoms with Crippen LogP contribution in [0.25, 0.3) is 10.2 Å². The monoisotopic (exact) mass is 447 g/mol. The van der Waals surface area contributed by atoms with Gasteiger partial charge in [0.15, 0.2) is 0 Å². The maximum atomic E-state index is 12.7. The molecule has 1 aromatic carbocycles. The van der Waals surface area contributed by atoms with Crippen LogP contribution >= 0.6 is 11.3 Å². The van der Waals surface area contributed by atoms with E-state index in [0.29, 0.717) is 38.8 Å². The van der Waals surface area contributed by atoms with Crippen LogP contribution in [-0.2, 0) is 25.5 Å². The van der Waals surface area contributed by atoms with Gasteiger partial charge in [-0.2, -0.15) is 0 Å². The molecule has 0 saturated carbocycles. The van der Waals surface area contributed by atoms with Crippen molar-refractivity contribution < 1.29 is 24.2 Å². The standard InChI is InChI=1S/C21H27N3O3S.CH2O2/c1-23(2)14-15-13-21(20(26)27-15)9-11-24(12-10-21)19(25)8-7-18-22-16-5-3-4-6-17(16)28-18;2-1-3/h3-6,15H,7-14H2,1-2H3;1H,(H,2,3). The Balaban J connectivity index is 0.000000858. The number of esters is 1. The van der Waals surface area contributed by atoms with Crippen molar-refractivity contribution in [3.8, 4) is 0 Å². The van der Waals surface area contributed by atoms with Crippen molar-refractivity contribution in [1.82, 2.24) is 14.8 Å². The number of aryl methyl sites for hydroxylation is 1. The zero-order chi connectivity index (χ0) is 22.4. The molecule has 2 aliphatic heterocycles. The number of benzene rings is 1. The first kappa shape index (κ1) is 23.1. The van der Waals surface area contributed by atoms with Crippen LogP contribution in [0.2, 0.25) is 0 Å². The van der Waals surface area contributed by atoms with Gasteiger partial charge in [-0.15, -0.1) is 11.3 Å². The van der Waals surface area contributed by atoms with Gasteiger partial charge in [0.2, 0.25) is 5.91 Å². The van der Waals surface area contributed by atoms with E-state index in [0.717, 1.165) is 28.2 Å². The highest BCUT2D eigenvalue weighted by Crippen LogP contribution is 2.43. The molecule has 2 aromatic rings. The molecular weight excluding hydrogens is 418 g/mol. The molecule has 1 spiro atoms. The Morgan fingerprint density at radius 1 is 1.35 bits per heavy atom. The van der Waals surface area contributed by atoms with E-state index in [1.165, 1.54) is 0 Å². The number of likely N-dealkylation sites (tertiary alicyclic amines) is 1. The smallest absolute Gasteiger partial charge is 0.312 e. The van der Waals surface area contributed by atoms with Crippen molar-refractivity contribution in [2.75, 3.05) is 33.7 Å². The second-order valence-electron chi connectivity index (χ2n) is 8.34. The molecule has 1 amide bonds. The Hall–Kier alpha value is -2.52. The largest absolute Gasteiger partial charge is 0.483 e. The molecule has 2 fully saturated rings. The summed E-state index contributed by atoms with van der Waals surface area (Å²) < 4.78 is 6.77. The third-order valence-corrected chi connectivity index (χ3v) is 6.95. The number of nitrogens with zero attached hydrogens (tertiary/aromatic N) is 3. The lowest BCUT2D eigenvalue weighted by atomic mass is 9.76. The van der Waals surface area contributed by atoms with E-state index >= 15 is 0 Å². The summed E-state index contributed by atoms with van der Waals surface area (Å²) in [5.41, 5.74) is 0.617. The SMILES string of the molecule is CN(C)CC1CC2(CCN(C(=O)CCc3nc4ccccc4s3)CC2)C(=O)O1.O=CO. The molecule has 8 nitrogen and oxygen atoms in total. The van der Waals surface area contributed by atoms with Crippen LogP contribution in [0.3, 0.4) is 0 Å². The first-order valence-electron chi connectivity index (χ1n) is 10.4. The maximum absolute atomic E-state index is 12.7. The molecule has 0 aliphatic carbocycles. The minimum atomic E-state index is -0.384. The predicted octanol–water partition coefficient (Wildman–Crippen LogP) is 2.42. The topological polar surface area (TPSA) is 100 Å². The number of piperidine rings is 1. The maximum Gasteiger partial charge on any atom is 0.312 e. The molecule has 1 atom stereocenters. The number of rotatable bonds is 5. The van der Waals surface area contributed by atoms with Crippen LogP contribution in [0.1, 0.15) is 30.7 Å². The number of aromatic nitrogens is 1. The normalized spacial score (nSPS) is 19.9. The van der Waals surface area contributed by atoms with Crippen molar-refractivity contribution in [3.05, 3.63) is 29.3 Å². The summed E-state index contributed by atoms with van der Waals surface area (Å²) >= 11 is 1.66. The number of cyclic esters (lactones) is 1. The molecule has 1 aromatic heterocycles. The van der Waals surface area contributed by atoms with Gasteiger partial charge in [0.25, 0.3) is 6.47 Å². The third kappa shape index (κ3) is 5.59. The van der Waals surface area contributed by atoms with E-state index in [2.05, 4.69) is 16.0 Å². The van der Waals surface area contributed by atoms with Gasteiger partial charge >= 0.3 is 5.97 Å². The van der Waals surface area contributed by atoms with Crippen LogP contribution in [0.5, 0.6) is 0 Å². The number of carboxylic acid groups (broad SMARTS) is 1. The Bertz CT molecular complexity index is 888. The van der Waals surface area contributed by atoms with Gasteiger partial charge in [0.1, 0.15) is 6.10 Å². The predicted molar refractivity (Wildman–Crippen MR) is 118 cm³/mol. The summed E-state index contributed by atoms with van der Waals surface area (Å²) in [7, 11) is 3.98. The summed E-state index contributed by atoms with van der Waals surface area (Å²) in [4.78, 5) is 42.1. The number of carbonyl (C=O) groups excluding carboxylic acids is 2. The average Bonchev–Trinajstić information content (AvgIpc) is 3.27. The summed E-state index contributed by atoms with van der Waals surface area (Å²) in [6.45, 7) is 1.79. The van der Waals surface area contributed by atoms with Crippen LogP contribution < -0.4 is 0 Å². The summed E-state index contributed by atoms with van der Waals surface area (Å²) in [5.74, 6) is 0.0891. The number of thiazole rings is 1. The van der Waals surface area contributed by atoms with E-state index in [1.807, 2.05) is 37.2 Å². The number of amides is 1. The fourth-order valence-electron chi connectivity index (χ4n) is 4.34. The number of carbonyl (C=O) groups is 3. The Labute approximate surface area is 185 Å². The van der Waals surface area contributed by atoms with Gasteiger partial charge in [0.05, 0.1) is 20.6 Å². The van der Waals surface area contributed by atoms with E-state index in [9.17, 15) is 9.59 Å². The van der Waals surface area contributed by atoms with Crippen molar-refractivity contribution in [2.45, 2.75) is 38.2 Å². The van der Waals surface area contributed by atoms with E-state index in [-0.39, 0.29) is 29.9 Å². The highest BCUT2D eigenvalue weighted by molar-refractivity contribution is 7.18. The molecule has 168 valence electrons. The van der Waals surface area contributed by atoms with Gasteiger partial charge in [-0.25, -0.2) is 4.98 Å². The lowest BCUT2D eigenvalue weighted by Crippen LogP contribution is -2.45. The van der Waals surface area contributed by atoms with Crippen molar-refractivity contribution in [1.29, 1.82) is 0 Å². The number of ether oxygens (including phenoxy) is 1. The average molecular weight is 448 g/mol. The van der Waals surface area contributed by atoms with Crippen molar-refractivity contribution in [2.24, 2.45) is 5.41 Å². The Morgan fingerprint density at radius 3 is 2.68 bits per heavy atom. The molecule has 4 rings (SSSR count). The van der Waals surface area contributed by atoms with Crippen LogP contribution in [0, 0.1) is 5.41 Å². The minimum Gasteiger partial charge on any atom is -0.483 e. The molecule has 31 heavy (non-hydrogen) atoms. The zero-order valence-corrected chi connectivity index (χ0v) is 18.8. The number of para-hydroxylation sites is 1. The molecule has 0 bridgehead atoms. The number of likely N-dealkylation sites (N-methyl/N-ethyl adjacent to an activating group) is 1. The molecule has 1 unspecified atom stereocenters. The van der Waals surface area contributed by atoms with E-state index in [4.69, 9.17) is 14.6 Å². The second-order valence-corrected chi connectivity index (χ2v) is 9.45. The van der Waals surface area contributed by atoms with Crippen molar-refractivity contribution in [3.63, 3.8) is 0 Å². The van der Waals surface area contributed by atoms with Gasteiger partial charge < -0.3 is 19.6 Å². The van der Waals surface area contributed by atoms with E-state index < -0.39 is 0 Å². The fourth-order valence-corrected chi connectivity index (χ4v) is 5.30.